The monoisotopic (exact) mass is 254 g/mol. The third kappa shape index (κ3) is 3.61. The largest absolute Gasteiger partial charge is 0.444 e. The summed E-state index contributed by atoms with van der Waals surface area (Å²) < 4.78 is 5.41. The van der Waals surface area contributed by atoms with Gasteiger partial charge in [-0.15, -0.1) is 0 Å². The number of amides is 1. The van der Waals surface area contributed by atoms with Gasteiger partial charge in [-0.3, -0.25) is 0 Å². The van der Waals surface area contributed by atoms with E-state index in [4.69, 9.17) is 4.74 Å². The van der Waals surface area contributed by atoms with Gasteiger partial charge >= 0.3 is 6.09 Å². The van der Waals surface area contributed by atoms with Crippen LogP contribution in [0.5, 0.6) is 0 Å². The van der Waals surface area contributed by atoms with Crippen molar-refractivity contribution < 1.29 is 9.53 Å². The highest BCUT2D eigenvalue weighted by Crippen LogP contribution is 2.30. The molecule has 0 unspecified atom stereocenters. The third-order valence-corrected chi connectivity index (χ3v) is 3.79. The molecule has 2 fully saturated rings. The molecule has 0 bridgehead atoms. The van der Waals surface area contributed by atoms with E-state index in [-0.39, 0.29) is 6.09 Å². The van der Waals surface area contributed by atoms with E-state index in [1.165, 1.54) is 12.8 Å². The fourth-order valence-electron chi connectivity index (χ4n) is 2.56. The van der Waals surface area contributed by atoms with Gasteiger partial charge in [0.05, 0.1) is 0 Å². The van der Waals surface area contributed by atoms with Crippen LogP contribution in [0.4, 0.5) is 4.79 Å². The number of hydrogen-bond donors (Lipinski definition) is 0. The zero-order valence-electron chi connectivity index (χ0n) is 12.1. The predicted molar refractivity (Wildman–Crippen MR) is 71.6 cm³/mol. The fraction of sp³-hybridized carbons (Fsp3) is 0.929. The van der Waals surface area contributed by atoms with Crippen LogP contribution in [-0.4, -0.2) is 53.7 Å². The van der Waals surface area contributed by atoms with Gasteiger partial charge in [0.1, 0.15) is 5.60 Å². The van der Waals surface area contributed by atoms with E-state index in [9.17, 15) is 4.79 Å². The highest BCUT2D eigenvalue weighted by Gasteiger charge is 2.34. The molecule has 0 aromatic heterocycles. The summed E-state index contributed by atoms with van der Waals surface area (Å²) in [6.07, 6.45) is 4.70. The molecule has 4 heteroatoms. The molecule has 0 aromatic carbocycles. The van der Waals surface area contributed by atoms with Gasteiger partial charge in [0.15, 0.2) is 0 Å². The van der Waals surface area contributed by atoms with Crippen molar-refractivity contribution in [3.63, 3.8) is 0 Å². The van der Waals surface area contributed by atoms with Crippen LogP contribution < -0.4 is 0 Å². The van der Waals surface area contributed by atoms with Crippen molar-refractivity contribution in [1.82, 2.24) is 9.80 Å². The van der Waals surface area contributed by atoms with E-state index in [1.54, 1.807) is 4.90 Å². The number of likely N-dealkylation sites (tertiary alicyclic amines) is 1. The first-order valence-corrected chi connectivity index (χ1v) is 7.07. The van der Waals surface area contributed by atoms with E-state index in [0.717, 1.165) is 32.0 Å². The van der Waals surface area contributed by atoms with Gasteiger partial charge in [-0.05, 0) is 46.5 Å². The second-order valence-corrected chi connectivity index (χ2v) is 6.59. The summed E-state index contributed by atoms with van der Waals surface area (Å²) in [5, 5.41) is 0. The molecule has 2 aliphatic rings. The molecule has 0 N–H and O–H groups in total. The molecule has 1 heterocycles. The maximum Gasteiger partial charge on any atom is 0.410 e. The first-order valence-electron chi connectivity index (χ1n) is 7.07. The lowest BCUT2D eigenvalue weighted by Crippen LogP contribution is -2.47. The van der Waals surface area contributed by atoms with Crippen LogP contribution >= 0.6 is 0 Å². The Morgan fingerprint density at radius 1 is 1.17 bits per heavy atom. The summed E-state index contributed by atoms with van der Waals surface area (Å²) in [4.78, 5) is 16.3. The minimum absolute atomic E-state index is 0.188. The molecule has 1 saturated heterocycles. The quantitative estimate of drug-likeness (QED) is 0.759. The second kappa shape index (κ2) is 5.08. The summed E-state index contributed by atoms with van der Waals surface area (Å²) in [6, 6.07) is 1.19. The predicted octanol–water partition coefficient (Wildman–Crippen LogP) is 2.48. The van der Waals surface area contributed by atoms with Gasteiger partial charge in [0.2, 0.25) is 0 Å². The van der Waals surface area contributed by atoms with E-state index >= 15 is 0 Å². The standard InChI is InChI=1S/C14H26N2O2/c1-14(2,3)18-13(17)15(4)11-7-9-16(10-8-11)12-5-6-12/h11-12H,5-10H2,1-4H3. The Kier molecular flexibility index (Phi) is 3.85. The normalized spacial score (nSPS) is 22.9. The molecular formula is C14H26N2O2. The van der Waals surface area contributed by atoms with Gasteiger partial charge in [-0.2, -0.15) is 0 Å². The smallest absolute Gasteiger partial charge is 0.410 e. The van der Waals surface area contributed by atoms with Crippen LogP contribution in [-0.2, 0) is 4.74 Å². The van der Waals surface area contributed by atoms with Gasteiger partial charge in [0.25, 0.3) is 0 Å². The van der Waals surface area contributed by atoms with E-state index in [0.29, 0.717) is 6.04 Å². The van der Waals surface area contributed by atoms with Gasteiger partial charge < -0.3 is 14.5 Å². The molecule has 0 radical (unpaired) electrons. The number of piperidine rings is 1. The van der Waals surface area contributed by atoms with Crippen LogP contribution in [0.1, 0.15) is 46.5 Å². The fourth-order valence-corrected chi connectivity index (χ4v) is 2.56. The van der Waals surface area contributed by atoms with Crippen molar-refractivity contribution in [1.29, 1.82) is 0 Å². The molecule has 0 aromatic rings. The molecule has 2 rings (SSSR count). The molecule has 0 atom stereocenters. The molecule has 4 nitrogen and oxygen atoms in total. The second-order valence-electron chi connectivity index (χ2n) is 6.59. The Morgan fingerprint density at radius 3 is 2.17 bits per heavy atom. The molecule has 0 spiro atoms. The van der Waals surface area contributed by atoms with Crippen molar-refractivity contribution in [3.05, 3.63) is 0 Å². The van der Waals surface area contributed by atoms with Crippen LogP contribution in [0.25, 0.3) is 0 Å². The van der Waals surface area contributed by atoms with Gasteiger partial charge in [-0.1, -0.05) is 0 Å². The summed E-state index contributed by atoms with van der Waals surface area (Å²) in [6.45, 7) is 7.99. The number of carbonyl (C=O) groups is 1. The van der Waals surface area contributed by atoms with Gasteiger partial charge in [-0.25, -0.2) is 4.79 Å². The Hall–Kier alpha value is -0.770. The number of carbonyl (C=O) groups excluding carboxylic acids is 1. The summed E-state index contributed by atoms with van der Waals surface area (Å²) in [7, 11) is 1.87. The summed E-state index contributed by atoms with van der Waals surface area (Å²) in [5.74, 6) is 0. The van der Waals surface area contributed by atoms with E-state index in [2.05, 4.69) is 4.90 Å². The zero-order chi connectivity index (χ0) is 13.3. The molecular weight excluding hydrogens is 228 g/mol. The molecule has 1 amide bonds. The van der Waals surface area contributed by atoms with Gasteiger partial charge in [0, 0.05) is 32.2 Å². The molecule has 1 aliphatic carbocycles. The lowest BCUT2D eigenvalue weighted by atomic mass is 10.0. The van der Waals surface area contributed by atoms with Crippen molar-refractivity contribution in [2.75, 3.05) is 20.1 Å². The van der Waals surface area contributed by atoms with Crippen LogP contribution in [0.15, 0.2) is 0 Å². The zero-order valence-corrected chi connectivity index (χ0v) is 12.1. The van der Waals surface area contributed by atoms with Crippen LogP contribution in [0.3, 0.4) is 0 Å². The first kappa shape index (κ1) is 13.7. The minimum Gasteiger partial charge on any atom is -0.444 e. The average molecular weight is 254 g/mol. The van der Waals surface area contributed by atoms with Crippen LogP contribution in [0, 0.1) is 0 Å². The van der Waals surface area contributed by atoms with Crippen molar-refractivity contribution >= 4 is 6.09 Å². The summed E-state index contributed by atoms with van der Waals surface area (Å²) >= 11 is 0. The molecule has 18 heavy (non-hydrogen) atoms. The summed E-state index contributed by atoms with van der Waals surface area (Å²) in [5.41, 5.74) is -0.403. The number of nitrogens with zero attached hydrogens (tertiary/aromatic N) is 2. The first-order chi connectivity index (χ1) is 8.37. The number of rotatable bonds is 2. The lowest BCUT2D eigenvalue weighted by Gasteiger charge is -2.37. The Balaban J connectivity index is 1.79. The lowest BCUT2D eigenvalue weighted by molar-refractivity contribution is 0.0149. The number of hydrogen-bond acceptors (Lipinski definition) is 3. The molecule has 1 aliphatic heterocycles. The molecule has 104 valence electrons. The van der Waals surface area contributed by atoms with Crippen molar-refractivity contribution in [3.8, 4) is 0 Å². The maximum absolute atomic E-state index is 12.0. The highest BCUT2D eigenvalue weighted by atomic mass is 16.6. The van der Waals surface area contributed by atoms with E-state index < -0.39 is 5.60 Å². The van der Waals surface area contributed by atoms with Crippen molar-refractivity contribution in [2.24, 2.45) is 0 Å². The topological polar surface area (TPSA) is 32.8 Å². The van der Waals surface area contributed by atoms with E-state index in [1.807, 2.05) is 27.8 Å². The Bertz CT molecular complexity index is 299. The number of ether oxygens (including phenoxy) is 1. The highest BCUT2D eigenvalue weighted by molar-refractivity contribution is 5.68. The van der Waals surface area contributed by atoms with Crippen molar-refractivity contribution in [2.45, 2.75) is 64.1 Å². The molecule has 1 saturated carbocycles. The average Bonchev–Trinajstić information content (AvgIpc) is 3.10. The minimum atomic E-state index is -0.403. The maximum atomic E-state index is 12.0. The Morgan fingerprint density at radius 2 is 1.72 bits per heavy atom. The SMILES string of the molecule is CN(C(=O)OC(C)(C)C)C1CCN(C2CC2)CC1. The third-order valence-electron chi connectivity index (χ3n) is 3.79. The van der Waals surface area contributed by atoms with Crippen LogP contribution in [0.2, 0.25) is 0 Å². The Labute approximate surface area is 110 Å².